The van der Waals surface area contributed by atoms with E-state index in [1.54, 1.807) is 30.7 Å². The molecule has 0 aliphatic carbocycles. The van der Waals surface area contributed by atoms with E-state index in [9.17, 15) is 4.79 Å². The molecule has 2 aromatic heterocycles. The quantitative estimate of drug-likeness (QED) is 0.856. The number of nitrogens with one attached hydrogen (secondary N) is 2. The van der Waals surface area contributed by atoms with Crippen LogP contribution in [0.2, 0.25) is 0 Å². The van der Waals surface area contributed by atoms with E-state index in [0.29, 0.717) is 17.9 Å². The van der Waals surface area contributed by atoms with E-state index < -0.39 is 0 Å². The van der Waals surface area contributed by atoms with Crippen LogP contribution in [0.4, 0.5) is 5.82 Å². The summed E-state index contributed by atoms with van der Waals surface area (Å²) in [5, 5.41) is 5.94. The van der Waals surface area contributed by atoms with E-state index in [1.807, 2.05) is 19.1 Å². The zero-order valence-electron chi connectivity index (χ0n) is 10.8. The van der Waals surface area contributed by atoms with Gasteiger partial charge in [0.25, 0.3) is 5.91 Å². The van der Waals surface area contributed by atoms with Crippen molar-refractivity contribution in [1.29, 1.82) is 0 Å². The molecule has 0 radical (unpaired) electrons. The summed E-state index contributed by atoms with van der Waals surface area (Å²) in [6.45, 7) is 3.16. The van der Waals surface area contributed by atoms with Crippen molar-refractivity contribution in [2.24, 2.45) is 0 Å². The normalized spacial score (nSPS) is 9.95. The van der Waals surface area contributed by atoms with Gasteiger partial charge in [-0.15, -0.1) is 0 Å². The SMILES string of the molecule is CCNc1ncccc1C(=O)NCc1ccncc1. The maximum atomic E-state index is 12.1. The van der Waals surface area contributed by atoms with Crippen molar-refractivity contribution >= 4 is 11.7 Å². The van der Waals surface area contributed by atoms with Crippen LogP contribution in [-0.2, 0) is 6.54 Å². The maximum Gasteiger partial charge on any atom is 0.255 e. The van der Waals surface area contributed by atoms with Gasteiger partial charge in [0.15, 0.2) is 0 Å². The van der Waals surface area contributed by atoms with Gasteiger partial charge in [0.2, 0.25) is 0 Å². The summed E-state index contributed by atoms with van der Waals surface area (Å²) < 4.78 is 0. The second kappa shape index (κ2) is 6.49. The first-order valence-electron chi connectivity index (χ1n) is 6.17. The summed E-state index contributed by atoms with van der Waals surface area (Å²) in [5.74, 6) is 0.470. The monoisotopic (exact) mass is 256 g/mol. The minimum Gasteiger partial charge on any atom is -0.370 e. The van der Waals surface area contributed by atoms with Crippen molar-refractivity contribution in [3.63, 3.8) is 0 Å². The molecule has 0 atom stereocenters. The number of rotatable bonds is 5. The largest absolute Gasteiger partial charge is 0.370 e. The van der Waals surface area contributed by atoms with E-state index >= 15 is 0 Å². The molecule has 0 aliphatic rings. The number of pyridine rings is 2. The van der Waals surface area contributed by atoms with Crippen molar-refractivity contribution in [2.45, 2.75) is 13.5 Å². The minimum atomic E-state index is -0.138. The maximum absolute atomic E-state index is 12.1. The van der Waals surface area contributed by atoms with Crippen molar-refractivity contribution in [3.05, 3.63) is 54.0 Å². The fourth-order valence-electron chi connectivity index (χ4n) is 1.68. The predicted octanol–water partition coefficient (Wildman–Crippen LogP) is 1.84. The summed E-state index contributed by atoms with van der Waals surface area (Å²) in [4.78, 5) is 20.2. The fraction of sp³-hybridized carbons (Fsp3) is 0.214. The third kappa shape index (κ3) is 3.51. The first-order chi connectivity index (χ1) is 9.31. The molecule has 0 saturated carbocycles. The van der Waals surface area contributed by atoms with Crippen LogP contribution in [0.25, 0.3) is 0 Å². The van der Waals surface area contributed by atoms with Crippen LogP contribution in [0.1, 0.15) is 22.8 Å². The van der Waals surface area contributed by atoms with Gasteiger partial charge >= 0.3 is 0 Å². The van der Waals surface area contributed by atoms with E-state index in [-0.39, 0.29) is 5.91 Å². The lowest BCUT2D eigenvalue weighted by Gasteiger charge is -2.09. The summed E-state index contributed by atoms with van der Waals surface area (Å²) in [7, 11) is 0. The Labute approximate surface area is 112 Å². The minimum absolute atomic E-state index is 0.138. The molecule has 0 fully saturated rings. The molecule has 5 heteroatoms. The summed E-state index contributed by atoms with van der Waals surface area (Å²) >= 11 is 0. The van der Waals surface area contributed by atoms with Crippen molar-refractivity contribution in [2.75, 3.05) is 11.9 Å². The highest BCUT2D eigenvalue weighted by Gasteiger charge is 2.10. The van der Waals surface area contributed by atoms with Gasteiger partial charge in [-0.2, -0.15) is 0 Å². The Kier molecular flexibility index (Phi) is 4.44. The van der Waals surface area contributed by atoms with Crippen LogP contribution < -0.4 is 10.6 Å². The lowest BCUT2D eigenvalue weighted by molar-refractivity contribution is 0.0951. The third-order valence-electron chi connectivity index (χ3n) is 2.60. The Morgan fingerprint density at radius 3 is 2.74 bits per heavy atom. The number of nitrogens with zero attached hydrogens (tertiary/aromatic N) is 2. The summed E-state index contributed by atoms with van der Waals surface area (Å²) in [5.41, 5.74) is 1.57. The molecule has 5 nitrogen and oxygen atoms in total. The van der Waals surface area contributed by atoms with Gasteiger partial charge in [-0.1, -0.05) is 0 Å². The molecular formula is C14H16N4O. The van der Waals surface area contributed by atoms with Crippen molar-refractivity contribution < 1.29 is 4.79 Å². The summed E-state index contributed by atoms with van der Waals surface area (Å²) in [6, 6.07) is 7.25. The van der Waals surface area contributed by atoms with Crippen LogP contribution in [0.15, 0.2) is 42.9 Å². The van der Waals surface area contributed by atoms with Gasteiger partial charge in [-0.25, -0.2) is 4.98 Å². The number of hydrogen-bond donors (Lipinski definition) is 2. The highest BCUT2D eigenvalue weighted by molar-refractivity contribution is 5.98. The molecular weight excluding hydrogens is 240 g/mol. The molecule has 0 aliphatic heterocycles. The molecule has 2 rings (SSSR count). The number of hydrogen-bond acceptors (Lipinski definition) is 4. The number of amides is 1. The Balaban J connectivity index is 2.04. The van der Waals surface area contributed by atoms with E-state index in [1.165, 1.54) is 0 Å². The molecule has 19 heavy (non-hydrogen) atoms. The topological polar surface area (TPSA) is 66.9 Å². The van der Waals surface area contributed by atoms with Gasteiger partial charge in [0.1, 0.15) is 5.82 Å². The first-order valence-corrected chi connectivity index (χ1v) is 6.17. The van der Waals surface area contributed by atoms with Crippen LogP contribution in [-0.4, -0.2) is 22.4 Å². The summed E-state index contributed by atoms with van der Waals surface area (Å²) in [6.07, 6.45) is 5.07. The zero-order chi connectivity index (χ0) is 13.5. The molecule has 0 unspecified atom stereocenters. The Hall–Kier alpha value is -2.43. The zero-order valence-corrected chi connectivity index (χ0v) is 10.8. The first kappa shape index (κ1) is 13.0. The van der Waals surface area contributed by atoms with E-state index in [2.05, 4.69) is 20.6 Å². The van der Waals surface area contributed by atoms with Crippen LogP contribution in [0.3, 0.4) is 0 Å². The average Bonchev–Trinajstić information content (AvgIpc) is 2.47. The van der Waals surface area contributed by atoms with Crippen molar-refractivity contribution in [1.82, 2.24) is 15.3 Å². The van der Waals surface area contributed by atoms with E-state index in [4.69, 9.17) is 0 Å². The smallest absolute Gasteiger partial charge is 0.255 e. The average molecular weight is 256 g/mol. The lowest BCUT2D eigenvalue weighted by atomic mass is 10.2. The predicted molar refractivity (Wildman–Crippen MR) is 73.8 cm³/mol. The highest BCUT2D eigenvalue weighted by Crippen LogP contribution is 2.11. The third-order valence-corrected chi connectivity index (χ3v) is 2.60. The molecule has 0 spiro atoms. The Morgan fingerprint density at radius 2 is 2.00 bits per heavy atom. The second-order valence-electron chi connectivity index (χ2n) is 3.97. The van der Waals surface area contributed by atoms with Gasteiger partial charge in [-0.3, -0.25) is 9.78 Å². The van der Waals surface area contributed by atoms with Crippen molar-refractivity contribution in [3.8, 4) is 0 Å². The molecule has 98 valence electrons. The number of carbonyl (C=O) groups is 1. The second-order valence-corrected chi connectivity index (χ2v) is 3.97. The number of carbonyl (C=O) groups excluding carboxylic acids is 1. The molecule has 0 aromatic carbocycles. The molecule has 0 saturated heterocycles. The van der Waals surface area contributed by atoms with Crippen LogP contribution in [0.5, 0.6) is 0 Å². The Bertz CT molecular complexity index is 542. The standard InChI is InChI=1S/C14H16N4O/c1-2-16-13-12(4-3-7-17-13)14(19)18-10-11-5-8-15-9-6-11/h3-9H,2,10H2,1H3,(H,16,17)(H,18,19). The van der Waals surface area contributed by atoms with Gasteiger partial charge < -0.3 is 10.6 Å². The molecule has 2 heterocycles. The highest BCUT2D eigenvalue weighted by atomic mass is 16.1. The van der Waals surface area contributed by atoms with Crippen LogP contribution in [0, 0.1) is 0 Å². The van der Waals surface area contributed by atoms with Gasteiger partial charge in [0, 0.05) is 31.7 Å². The number of anilines is 1. The lowest BCUT2D eigenvalue weighted by Crippen LogP contribution is -2.24. The molecule has 2 N–H and O–H groups in total. The molecule has 2 aromatic rings. The van der Waals surface area contributed by atoms with Gasteiger partial charge in [-0.05, 0) is 36.8 Å². The number of aromatic nitrogens is 2. The fourth-order valence-corrected chi connectivity index (χ4v) is 1.68. The Morgan fingerprint density at radius 1 is 1.21 bits per heavy atom. The molecule has 1 amide bonds. The van der Waals surface area contributed by atoms with Crippen LogP contribution >= 0.6 is 0 Å². The molecule has 0 bridgehead atoms. The van der Waals surface area contributed by atoms with E-state index in [0.717, 1.165) is 12.1 Å². The van der Waals surface area contributed by atoms with Gasteiger partial charge in [0.05, 0.1) is 5.56 Å².